The Morgan fingerprint density at radius 2 is 1.86 bits per heavy atom. The second-order valence-electron chi connectivity index (χ2n) is 7.18. The predicted octanol–water partition coefficient (Wildman–Crippen LogP) is 4.11. The number of rotatable bonds is 3. The van der Waals surface area contributed by atoms with Crippen molar-refractivity contribution < 1.29 is 13.9 Å². The molecule has 0 saturated heterocycles. The second kappa shape index (κ2) is 6.84. The van der Waals surface area contributed by atoms with Gasteiger partial charge >= 0.3 is 0 Å². The van der Waals surface area contributed by atoms with Crippen LogP contribution in [0.25, 0.3) is 11.4 Å². The molecule has 3 aromatic rings. The highest BCUT2D eigenvalue weighted by atomic mass is 19.1. The van der Waals surface area contributed by atoms with Crippen LogP contribution in [0.1, 0.15) is 30.9 Å². The molecule has 1 aromatic heterocycles. The minimum absolute atomic E-state index is 0.0974. The first kappa shape index (κ1) is 17.6. The van der Waals surface area contributed by atoms with Crippen LogP contribution in [0.15, 0.2) is 59.8 Å². The third-order valence-corrected chi connectivity index (χ3v) is 5.40. The number of nitrogens with zero attached hydrogens (tertiary/aromatic N) is 3. The van der Waals surface area contributed by atoms with E-state index in [-0.39, 0.29) is 11.6 Å². The van der Waals surface area contributed by atoms with E-state index in [4.69, 9.17) is 9.84 Å². The third kappa shape index (κ3) is 2.99. The Morgan fingerprint density at radius 3 is 2.59 bits per heavy atom. The van der Waals surface area contributed by atoms with Gasteiger partial charge in [-0.3, -0.25) is 4.79 Å². The summed E-state index contributed by atoms with van der Waals surface area (Å²) in [6.45, 7) is 0. The number of halogens is 1. The summed E-state index contributed by atoms with van der Waals surface area (Å²) < 4.78 is 20.5. The lowest BCUT2D eigenvalue weighted by molar-refractivity contribution is -0.116. The Morgan fingerprint density at radius 1 is 1.10 bits per heavy atom. The molecule has 1 N–H and O–H groups in total. The standard InChI is InChI=1S/C22H19FN4O2/c1-29-16-11-7-14(8-12-16)21-25-22-24-17-3-2-4-18(28)19(17)20(27(22)26-21)13-5-9-15(23)10-6-13/h5-12,20H,2-4H2,1H3,(H,24,25,26). The highest BCUT2D eigenvalue weighted by Crippen LogP contribution is 2.40. The van der Waals surface area contributed by atoms with Gasteiger partial charge in [0.2, 0.25) is 5.95 Å². The van der Waals surface area contributed by atoms with Crippen LogP contribution in [-0.2, 0) is 4.79 Å². The first-order valence-corrected chi connectivity index (χ1v) is 9.54. The van der Waals surface area contributed by atoms with E-state index in [0.29, 0.717) is 23.8 Å². The number of hydrogen-bond acceptors (Lipinski definition) is 5. The zero-order valence-corrected chi connectivity index (χ0v) is 15.9. The molecule has 2 heterocycles. The minimum atomic E-state index is -0.422. The molecule has 1 aliphatic carbocycles. The van der Waals surface area contributed by atoms with Crippen LogP contribution in [-0.4, -0.2) is 27.7 Å². The van der Waals surface area contributed by atoms with Crippen LogP contribution in [0.5, 0.6) is 5.75 Å². The van der Waals surface area contributed by atoms with Crippen LogP contribution in [0.2, 0.25) is 0 Å². The lowest BCUT2D eigenvalue weighted by Crippen LogP contribution is -2.31. The van der Waals surface area contributed by atoms with Gasteiger partial charge in [0.05, 0.1) is 7.11 Å². The average molecular weight is 390 g/mol. The summed E-state index contributed by atoms with van der Waals surface area (Å²) >= 11 is 0. The fourth-order valence-electron chi connectivity index (χ4n) is 3.97. The Hall–Kier alpha value is -3.48. The van der Waals surface area contributed by atoms with Crippen molar-refractivity contribution in [2.24, 2.45) is 0 Å². The summed E-state index contributed by atoms with van der Waals surface area (Å²) in [6.07, 6.45) is 2.09. The number of nitrogens with one attached hydrogen (secondary N) is 1. The fourth-order valence-corrected chi connectivity index (χ4v) is 3.97. The number of ether oxygens (including phenoxy) is 1. The summed E-state index contributed by atoms with van der Waals surface area (Å²) in [5.74, 6) is 1.67. The molecule has 0 radical (unpaired) electrons. The molecule has 0 spiro atoms. The largest absolute Gasteiger partial charge is 0.497 e. The van der Waals surface area contributed by atoms with Gasteiger partial charge in [-0.2, -0.15) is 4.98 Å². The van der Waals surface area contributed by atoms with E-state index in [1.54, 1.807) is 23.9 Å². The molecule has 2 aromatic carbocycles. The molecule has 5 rings (SSSR count). The third-order valence-electron chi connectivity index (χ3n) is 5.40. The van der Waals surface area contributed by atoms with Crippen LogP contribution < -0.4 is 10.1 Å². The van der Waals surface area contributed by atoms with E-state index in [1.165, 1.54) is 12.1 Å². The van der Waals surface area contributed by atoms with Crippen LogP contribution >= 0.6 is 0 Å². The maximum Gasteiger partial charge on any atom is 0.226 e. The first-order valence-electron chi connectivity index (χ1n) is 9.54. The van der Waals surface area contributed by atoms with Crippen molar-refractivity contribution in [2.75, 3.05) is 12.4 Å². The van der Waals surface area contributed by atoms with Gasteiger partial charge in [0, 0.05) is 23.3 Å². The van der Waals surface area contributed by atoms with Gasteiger partial charge in [-0.1, -0.05) is 12.1 Å². The summed E-state index contributed by atoms with van der Waals surface area (Å²) in [5.41, 5.74) is 3.23. The Labute approximate surface area is 167 Å². The van der Waals surface area contributed by atoms with Gasteiger partial charge in [-0.25, -0.2) is 9.07 Å². The Bertz CT molecular complexity index is 1120. The average Bonchev–Trinajstić information content (AvgIpc) is 3.17. The smallest absolute Gasteiger partial charge is 0.226 e. The van der Waals surface area contributed by atoms with Crippen molar-refractivity contribution in [3.63, 3.8) is 0 Å². The molecule has 0 fully saturated rings. The molecule has 6 nitrogen and oxygen atoms in total. The molecule has 0 amide bonds. The SMILES string of the molecule is COc1ccc(-c2nc3n(n2)C(c2ccc(F)cc2)C2=C(CCCC2=O)N3)cc1. The van der Waals surface area contributed by atoms with Crippen molar-refractivity contribution in [1.82, 2.24) is 14.8 Å². The lowest BCUT2D eigenvalue weighted by atomic mass is 9.85. The summed E-state index contributed by atoms with van der Waals surface area (Å²) in [4.78, 5) is 17.5. The zero-order chi connectivity index (χ0) is 20.0. The molecule has 29 heavy (non-hydrogen) atoms. The van der Waals surface area contributed by atoms with E-state index in [9.17, 15) is 9.18 Å². The molecule has 2 aliphatic rings. The molecular weight excluding hydrogens is 371 g/mol. The van der Waals surface area contributed by atoms with E-state index in [2.05, 4.69) is 10.3 Å². The first-order chi connectivity index (χ1) is 14.1. The minimum Gasteiger partial charge on any atom is -0.497 e. The van der Waals surface area contributed by atoms with Crippen molar-refractivity contribution in [2.45, 2.75) is 25.3 Å². The molecule has 146 valence electrons. The summed E-state index contributed by atoms with van der Waals surface area (Å²) in [5, 5.41) is 8.01. The number of ketones is 1. The fraction of sp³-hybridized carbons (Fsp3) is 0.227. The number of anilines is 1. The van der Waals surface area contributed by atoms with Gasteiger partial charge in [0.15, 0.2) is 11.6 Å². The predicted molar refractivity (Wildman–Crippen MR) is 106 cm³/mol. The van der Waals surface area contributed by atoms with E-state index < -0.39 is 6.04 Å². The number of carbonyl (C=O) groups is 1. The number of aromatic nitrogens is 3. The number of benzene rings is 2. The molecule has 0 bridgehead atoms. The highest BCUT2D eigenvalue weighted by Gasteiger charge is 2.36. The van der Waals surface area contributed by atoms with Crippen LogP contribution in [0.4, 0.5) is 10.3 Å². The Balaban J connectivity index is 1.63. The number of carbonyl (C=O) groups excluding carboxylic acids is 1. The van der Waals surface area contributed by atoms with Gasteiger partial charge < -0.3 is 10.1 Å². The summed E-state index contributed by atoms with van der Waals surface area (Å²) in [7, 11) is 1.62. The molecule has 0 saturated carbocycles. The molecule has 1 atom stereocenters. The quantitative estimate of drug-likeness (QED) is 0.729. The summed E-state index contributed by atoms with van der Waals surface area (Å²) in [6, 6.07) is 13.3. The Kier molecular flexibility index (Phi) is 4.16. The maximum atomic E-state index is 13.5. The van der Waals surface area contributed by atoms with Crippen molar-refractivity contribution >= 4 is 11.7 Å². The molecule has 1 unspecified atom stereocenters. The van der Waals surface area contributed by atoms with Crippen molar-refractivity contribution in [3.05, 3.63) is 71.2 Å². The zero-order valence-electron chi connectivity index (χ0n) is 15.9. The van der Waals surface area contributed by atoms with Crippen LogP contribution in [0, 0.1) is 5.82 Å². The van der Waals surface area contributed by atoms with E-state index in [0.717, 1.165) is 35.4 Å². The second-order valence-corrected chi connectivity index (χ2v) is 7.18. The monoisotopic (exact) mass is 390 g/mol. The van der Waals surface area contributed by atoms with Gasteiger partial charge in [0.25, 0.3) is 0 Å². The lowest BCUT2D eigenvalue weighted by Gasteiger charge is -2.32. The van der Waals surface area contributed by atoms with Gasteiger partial charge in [0.1, 0.15) is 17.6 Å². The number of hydrogen-bond donors (Lipinski definition) is 1. The number of methoxy groups -OCH3 is 1. The van der Waals surface area contributed by atoms with E-state index in [1.807, 2.05) is 24.3 Å². The topological polar surface area (TPSA) is 69.0 Å². The highest BCUT2D eigenvalue weighted by molar-refractivity contribution is 5.99. The molecule has 7 heteroatoms. The van der Waals surface area contributed by atoms with Gasteiger partial charge in [-0.15, -0.1) is 5.10 Å². The normalized spacial score (nSPS) is 18.1. The number of Topliss-reactive ketones (excluding diaryl/α,β-unsaturated/α-hetero) is 1. The van der Waals surface area contributed by atoms with Crippen LogP contribution in [0.3, 0.4) is 0 Å². The maximum absolute atomic E-state index is 13.5. The van der Waals surface area contributed by atoms with Crippen molar-refractivity contribution in [1.29, 1.82) is 0 Å². The number of allylic oxidation sites excluding steroid dienone is 2. The van der Waals surface area contributed by atoms with Gasteiger partial charge in [-0.05, 0) is 54.8 Å². The number of fused-ring (bicyclic) bond motifs is 1. The molecular formula is C22H19FN4O2. The van der Waals surface area contributed by atoms with Crippen molar-refractivity contribution in [3.8, 4) is 17.1 Å². The van der Waals surface area contributed by atoms with E-state index >= 15 is 0 Å². The molecule has 1 aliphatic heterocycles.